The third kappa shape index (κ3) is 6.33. The molecule has 5 rings (SSSR count). The van der Waals surface area contributed by atoms with E-state index in [4.69, 9.17) is 15.1 Å². The number of hydrogen-bond acceptors (Lipinski definition) is 3. The maximum atomic E-state index is 9.25. The number of nitrogens with zero attached hydrogens (tertiary/aromatic N) is 3. The van der Waals surface area contributed by atoms with Crippen molar-refractivity contribution in [2.24, 2.45) is 0 Å². The summed E-state index contributed by atoms with van der Waals surface area (Å²) in [4.78, 5) is 23.6. The minimum atomic E-state index is -0.981. The fraction of sp³-hybridized carbons (Fsp3) is 0.410. The molecular formula is C39H50N4O2. The zero-order valence-electron chi connectivity index (χ0n) is 28.5. The molecule has 0 amide bonds. The molecule has 0 atom stereocenters. The van der Waals surface area contributed by atoms with E-state index < -0.39 is 5.97 Å². The smallest absolute Gasteiger partial charge is 0.327 e. The molecule has 3 aromatic heterocycles. The van der Waals surface area contributed by atoms with Crippen LogP contribution < -0.4 is 0 Å². The number of rotatable bonds is 9. The molecule has 0 saturated carbocycles. The maximum Gasteiger partial charge on any atom is 0.327 e. The van der Waals surface area contributed by atoms with Gasteiger partial charge in [0.2, 0.25) is 0 Å². The van der Waals surface area contributed by atoms with E-state index in [2.05, 4.69) is 102 Å². The van der Waals surface area contributed by atoms with E-state index in [9.17, 15) is 4.79 Å². The summed E-state index contributed by atoms with van der Waals surface area (Å²) in [5, 5.41) is 7.60. The molecule has 2 N–H and O–H groups in total. The van der Waals surface area contributed by atoms with E-state index in [1.54, 1.807) is 0 Å². The van der Waals surface area contributed by atoms with Crippen LogP contribution in [0, 0.1) is 0 Å². The Bertz CT molecular complexity index is 1830. The molecule has 238 valence electrons. The molecule has 0 spiro atoms. The standard InChI is InChI=1S/C36H46N4.C3H4O2/c1-9-22-19-25-20-23-17-18-24(37-23)21-32-26(10-2)29(13-5)36(40(32)16-8)31(15-7)35-28(12-4)27(11-3)34(39-35)30(14-6)33(22)38-25;1-2-3(4)5/h17-21,39H,9-16H2,1-8H3;2H,1H2,(H,4,5). The SMILES string of the molecule is C=CC(=O)O.CCC1=Cc2cc3nc(cc4c(CC)c(CC)c(c(CC)c5[nH]c(c(CC)c1n2)c(CC)c5CC)n4CC)C=C3. The average molecular weight is 607 g/mol. The molecule has 2 aliphatic heterocycles. The van der Waals surface area contributed by atoms with Crippen LogP contribution in [0.2, 0.25) is 0 Å². The van der Waals surface area contributed by atoms with Crippen molar-refractivity contribution in [1.82, 2.24) is 19.5 Å². The highest BCUT2D eigenvalue weighted by atomic mass is 16.4. The van der Waals surface area contributed by atoms with E-state index in [0.717, 1.165) is 80.3 Å². The summed E-state index contributed by atoms with van der Waals surface area (Å²) in [7, 11) is 0. The van der Waals surface area contributed by atoms with Gasteiger partial charge < -0.3 is 14.7 Å². The number of hydrogen-bond donors (Lipinski definition) is 2. The topological polar surface area (TPSA) is 83.8 Å². The highest BCUT2D eigenvalue weighted by Gasteiger charge is 2.22. The average Bonchev–Trinajstić information content (AvgIpc) is 3.82. The Morgan fingerprint density at radius 1 is 0.733 bits per heavy atom. The lowest BCUT2D eigenvalue weighted by Crippen LogP contribution is -1.99. The number of aromatic nitrogens is 4. The Hall–Kier alpha value is -4.19. The van der Waals surface area contributed by atoms with E-state index in [1.165, 1.54) is 61.0 Å². The van der Waals surface area contributed by atoms with Gasteiger partial charge in [-0.25, -0.2) is 14.8 Å². The molecule has 8 bridgehead atoms. The van der Waals surface area contributed by atoms with Crippen molar-refractivity contribution in [3.8, 4) is 0 Å². The first-order chi connectivity index (χ1) is 21.7. The number of fused-ring (bicyclic) bond motifs is 8. The van der Waals surface area contributed by atoms with Crippen molar-refractivity contribution in [3.05, 3.63) is 80.9 Å². The number of carboxylic acid groups (broad SMARTS) is 1. The van der Waals surface area contributed by atoms with Crippen LogP contribution in [0.1, 0.15) is 118 Å². The molecular weight excluding hydrogens is 556 g/mol. The number of aliphatic carboxylic acids is 1. The van der Waals surface area contributed by atoms with E-state index in [-0.39, 0.29) is 0 Å². The van der Waals surface area contributed by atoms with Gasteiger partial charge in [-0.2, -0.15) is 0 Å². The molecule has 0 fully saturated rings. The molecule has 0 saturated heterocycles. The number of carboxylic acids is 1. The third-order valence-corrected chi connectivity index (χ3v) is 9.04. The van der Waals surface area contributed by atoms with Gasteiger partial charge in [0.1, 0.15) is 0 Å². The van der Waals surface area contributed by atoms with Crippen LogP contribution >= 0.6 is 0 Å². The van der Waals surface area contributed by atoms with E-state index in [0.29, 0.717) is 0 Å². The zero-order valence-corrected chi connectivity index (χ0v) is 28.5. The summed E-state index contributed by atoms with van der Waals surface area (Å²) in [6.45, 7) is 22.3. The van der Waals surface area contributed by atoms with Gasteiger partial charge >= 0.3 is 5.97 Å². The van der Waals surface area contributed by atoms with Crippen molar-refractivity contribution in [1.29, 1.82) is 0 Å². The van der Waals surface area contributed by atoms with Crippen LogP contribution in [0.5, 0.6) is 0 Å². The number of H-pyrrole nitrogens is 1. The highest BCUT2D eigenvalue weighted by Crippen LogP contribution is 2.36. The predicted molar refractivity (Wildman–Crippen MR) is 192 cm³/mol. The highest BCUT2D eigenvalue weighted by molar-refractivity contribution is 5.90. The van der Waals surface area contributed by atoms with Crippen molar-refractivity contribution in [3.63, 3.8) is 0 Å². The van der Waals surface area contributed by atoms with Crippen molar-refractivity contribution >= 4 is 51.8 Å². The predicted octanol–water partition coefficient (Wildman–Crippen LogP) is 9.56. The quantitative estimate of drug-likeness (QED) is 0.186. The zero-order chi connectivity index (χ0) is 32.8. The molecule has 6 nitrogen and oxygen atoms in total. The van der Waals surface area contributed by atoms with Gasteiger partial charge in [0, 0.05) is 40.3 Å². The molecule has 0 aromatic carbocycles. The van der Waals surface area contributed by atoms with Gasteiger partial charge in [0.05, 0.1) is 22.8 Å². The second-order valence-corrected chi connectivity index (χ2v) is 11.4. The van der Waals surface area contributed by atoms with Gasteiger partial charge in [-0.1, -0.05) is 55.0 Å². The maximum absolute atomic E-state index is 9.25. The monoisotopic (exact) mass is 606 g/mol. The van der Waals surface area contributed by atoms with Crippen molar-refractivity contribution in [2.75, 3.05) is 0 Å². The van der Waals surface area contributed by atoms with E-state index in [1.807, 2.05) is 0 Å². The molecule has 5 heterocycles. The Morgan fingerprint density at radius 3 is 1.76 bits per heavy atom. The summed E-state index contributed by atoms with van der Waals surface area (Å²) >= 11 is 0. The molecule has 0 aliphatic carbocycles. The summed E-state index contributed by atoms with van der Waals surface area (Å²) in [6.07, 6.45) is 14.3. The van der Waals surface area contributed by atoms with Gasteiger partial charge in [0.15, 0.2) is 0 Å². The first kappa shape index (κ1) is 33.7. The summed E-state index contributed by atoms with van der Waals surface area (Å²) in [6, 6.07) is 4.45. The lowest BCUT2D eigenvalue weighted by molar-refractivity contribution is -0.131. The Balaban J connectivity index is 0.000000854. The minimum Gasteiger partial charge on any atom is -0.478 e. The summed E-state index contributed by atoms with van der Waals surface area (Å²) < 4.78 is 2.57. The van der Waals surface area contributed by atoms with Crippen LogP contribution in [-0.2, 0) is 49.9 Å². The van der Waals surface area contributed by atoms with Crippen LogP contribution in [-0.4, -0.2) is 30.6 Å². The fourth-order valence-electron chi connectivity index (χ4n) is 7.09. The summed E-state index contributed by atoms with van der Waals surface area (Å²) in [5.41, 5.74) is 19.4. The number of nitrogens with one attached hydrogen (secondary N) is 1. The normalized spacial score (nSPS) is 12.1. The van der Waals surface area contributed by atoms with Crippen LogP contribution in [0.3, 0.4) is 0 Å². The Kier molecular flexibility index (Phi) is 11.0. The van der Waals surface area contributed by atoms with Gasteiger partial charge in [0.25, 0.3) is 0 Å². The number of carbonyl (C=O) groups is 1. The number of aromatic amines is 1. The van der Waals surface area contributed by atoms with Crippen LogP contribution in [0.25, 0.3) is 45.9 Å². The number of aryl methyl sites for hydroxylation is 7. The molecule has 3 aromatic rings. The Labute approximate surface area is 268 Å². The minimum absolute atomic E-state index is 0.833. The van der Waals surface area contributed by atoms with Crippen LogP contribution in [0.15, 0.2) is 24.8 Å². The first-order valence-electron chi connectivity index (χ1n) is 16.8. The third-order valence-electron chi connectivity index (χ3n) is 9.04. The molecule has 2 aliphatic rings. The second kappa shape index (κ2) is 14.7. The van der Waals surface area contributed by atoms with E-state index >= 15 is 0 Å². The number of allylic oxidation sites excluding steroid dienone is 1. The summed E-state index contributed by atoms with van der Waals surface area (Å²) in [5.74, 6) is -0.981. The van der Waals surface area contributed by atoms with Gasteiger partial charge in [-0.15, -0.1) is 0 Å². The molecule has 0 radical (unpaired) electrons. The van der Waals surface area contributed by atoms with Crippen LogP contribution in [0.4, 0.5) is 0 Å². The van der Waals surface area contributed by atoms with Gasteiger partial charge in [-0.3, -0.25) is 0 Å². The van der Waals surface area contributed by atoms with Crippen molar-refractivity contribution < 1.29 is 9.90 Å². The lowest BCUT2D eigenvalue weighted by atomic mass is 9.97. The lowest BCUT2D eigenvalue weighted by Gasteiger charge is -2.09. The molecule has 0 unspecified atom stereocenters. The Morgan fingerprint density at radius 2 is 1.27 bits per heavy atom. The fourth-order valence-corrected chi connectivity index (χ4v) is 7.09. The molecule has 45 heavy (non-hydrogen) atoms. The largest absolute Gasteiger partial charge is 0.478 e. The van der Waals surface area contributed by atoms with Crippen molar-refractivity contribution in [2.45, 2.75) is 107 Å². The van der Waals surface area contributed by atoms with Gasteiger partial charge in [-0.05, 0) is 116 Å². The molecule has 6 heteroatoms. The first-order valence-corrected chi connectivity index (χ1v) is 16.8. The second-order valence-electron chi connectivity index (χ2n) is 11.4.